The van der Waals surface area contributed by atoms with E-state index in [4.69, 9.17) is 0 Å². The molecule has 0 aliphatic heterocycles. The number of benzene rings is 3. The Hall–Kier alpha value is -4.06. The van der Waals surface area contributed by atoms with Gasteiger partial charge in [0.15, 0.2) is 5.78 Å². The monoisotopic (exact) mass is 409 g/mol. The van der Waals surface area contributed by atoms with Gasteiger partial charge in [-0.15, -0.1) is 0 Å². The van der Waals surface area contributed by atoms with Gasteiger partial charge >= 0.3 is 0 Å². The van der Waals surface area contributed by atoms with Crippen LogP contribution in [0, 0.1) is 20.8 Å². The highest BCUT2D eigenvalue weighted by Gasteiger charge is 2.10. The Kier molecular flexibility index (Phi) is 5.71. The van der Waals surface area contributed by atoms with Crippen molar-refractivity contribution in [3.05, 3.63) is 101 Å². The highest BCUT2D eigenvalue weighted by molar-refractivity contribution is 6.09. The molecular weight excluding hydrogens is 386 g/mol. The van der Waals surface area contributed by atoms with Crippen LogP contribution in [0.15, 0.2) is 72.8 Å². The highest BCUT2D eigenvalue weighted by atomic mass is 16.1. The molecule has 0 saturated heterocycles. The molecule has 0 saturated carbocycles. The smallest absolute Gasteiger partial charge is 0.232 e. The molecular formula is C25H23N5O. The highest BCUT2D eigenvalue weighted by Crippen LogP contribution is 2.21. The van der Waals surface area contributed by atoms with E-state index in [0.717, 1.165) is 16.9 Å². The van der Waals surface area contributed by atoms with E-state index in [2.05, 4.69) is 38.6 Å². The lowest BCUT2D eigenvalue weighted by Gasteiger charge is -2.11. The lowest BCUT2D eigenvalue weighted by molar-refractivity contribution is 0.103. The van der Waals surface area contributed by atoms with E-state index in [1.807, 2.05) is 68.4 Å². The van der Waals surface area contributed by atoms with E-state index in [-0.39, 0.29) is 5.78 Å². The van der Waals surface area contributed by atoms with Gasteiger partial charge in [0.05, 0.1) is 0 Å². The van der Waals surface area contributed by atoms with E-state index in [1.54, 1.807) is 12.1 Å². The van der Waals surface area contributed by atoms with Crippen LogP contribution in [0.2, 0.25) is 0 Å². The fourth-order valence-corrected chi connectivity index (χ4v) is 3.26. The first-order valence-corrected chi connectivity index (χ1v) is 10.0. The summed E-state index contributed by atoms with van der Waals surface area (Å²) >= 11 is 0. The Bertz CT molecular complexity index is 1220. The number of anilines is 4. The number of aryl methyl sites for hydroxylation is 3. The van der Waals surface area contributed by atoms with Crippen LogP contribution in [0.1, 0.15) is 32.9 Å². The summed E-state index contributed by atoms with van der Waals surface area (Å²) in [6, 6.07) is 22.7. The summed E-state index contributed by atoms with van der Waals surface area (Å²) in [7, 11) is 0. The van der Waals surface area contributed by atoms with Gasteiger partial charge in [-0.3, -0.25) is 4.79 Å². The van der Waals surface area contributed by atoms with Gasteiger partial charge in [-0.2, -0.15) is 15.0 Å². The van der Waals surface area contributed by atoms with Crippen molar-refractivity contribution in [3.8, 4) is 0 Å². The average Bonchev–Trinajstić information content (AvgIpc) is 2.76. The van der Waals surface area contributed by atoms with Crippen molar-refractivity contribution in [1.82, 2.24) is 15.0 Å². The van der Waals surface area contributed by atoms with Crippen molar-refractivity contribution in [2.45, 2.75) is 20.8 Å². The van der Waals surface area contributed by atoms with E-state index < -0.39 is 0 Å². The van der Waals surface area contributed by atoms with Gasteiger partial charge < -0.3 is 10.6 Å². The maximum atomic E-state index is 12.6. The largest absolute Gasteiger partial charge is 0.324 e. The molecule has 31 heavy (non-hydrogen) atoms. The van der Waals surface area contributed by atoms with Gasteiger partial charge in [-0.05, 0) is 56.7 Å². The van der Waals surface area contributed by atoms with E-state index in [0.29, 0.717) is 28.8 Å². The Morgan fingerprint density at radius 2 is 1.35 bits per heavy atom. The van der Waals surface area contributed by atoms with Crippen LogP contribution in [-0.4, -0.2) is 20.7 Å². The quantitative estimate of drug-likeness (QED) is 0.409. The minimum Gasteiger partial charge on any atom is -0.324 e. The molecule has 0 aliphatic carbocycles. The summed E-state index contributed by atoms with van der Waals surface area (Å²) in [5, 5.41) is 6.45. The maximum absolute atomic E-state index is 12.6. The van der Waals surface area contributed by atoms with Crippen LogP contribution in [0.5, 0.6) is 0 Å². The predicted octanol–water partition coefficient (Wildman–Crippen LogP) is 5.52. The van der Waals surface area contributed by atoms with Gasteiger partial charge in [0.1, 0.15) is 5.82 Å². The molecule has 1 aromatic heterocycles. The second-order valence-electron chi connectivity index (χ2n) is 7.37. The topological polar surface area (TPSA) is 79.8 Å². The average molecular weight is 409 g/mol. The minimum absolute atomic E-state index is 0.0110. The third-order valence-corrected chi connectivity index (χ3v) is 4.81. The Morgan fingerprint density at radius 3 is 2.03 bits per heavy atom. The van der Waals surface area contributed by atoms with Gasteiger partial charge in [0.2, 0.25) is 11.9 Å². The van der Waals surface area contributed by atoms with Gasteiger partial charge in [0, 0.05) is 22.5 Å². The summed E-state index contributed by atoms with van der Waals surface area (Å²) in [5.41, 5.74) is 5.34. The number of hydrogen-bond acceptors (Lipinski definition) is 6. The van der Waals surface area contributed by atoms with Crippen LogP contribution in [0.4, 0.5) is 23.3 Å². The Balaban J connectivity index is 1.51. The molecule has 0 unspecified atom stereocenters. The second kappa shape index (κ2) is 8.75. The molecule has 0 aliphatic rings. The number of hydrogen-bond donors (Lipinski definition) is 2. The van der Waals surface area contributed by atoms with Crippen molar-refractivity contribution in [2.75, 3.05) is 10.6 Å². The molecule has 0 atom stereocenters. The standard InChI is InChI=1S/C25H23N5O/c1-16-9-14-22(17(2)15-16)29-25-27-18(3)26-24(30-25)28-21-12-10-20(11-13-21)23(31)19-7-5-4-6-8-19/h4-15H,1-3H3,(H2,26,27,28,29,30). The first-order valence-electron chi connectivity index (χ1n) is 10.0. The van der Waals surface area contributed by atoms with Crippen molar-refractivity contribution < 1.29 is 4.79 Å². The molecule has 4 aromatic rings. The van der Waals surface area contributed by atoms with Crippen LogP contribution in [0.25, 0.3) is 0 Å². The molecule has 6 nitrogen and oxygen atoms in total. The number of nitrogens with one attached hydrogen (secondary N) is 2. The third-order valence-electron chi connectivity index (χ3n) is 4.81. The van der Waals surface area contributed by atoms with Crippen LogP contribution in [0.3, 0.4) is 0 Å². The molecule has 6 heteroatoms. The molecule has 3 aromatic carbocycles. The first-order chi connectivity index (χ1) is 15.0. The van der Waals surface area contributed by atoms with Crippen LogP contribution < -0.4 is 10.6 Å². The summed E-state index contributed by atoms with van der Waals surface area (Å²) in [4.78, 5) is 25.8. The molecule has 2 N–H and O–H groups in total. The number of aromatic nitrogens is 3. The number of carbonyl (C=O) groups excluding carboxylic acids is 1. The number of rotatable bonds is 6. The summed E-state index contributed by atoms with van der Waals surface area (Å²) in [6.07, 6.45) is 0. The molecule has 0 spiro atoms. The van der Waals surface area contributed by atoms with Gasteiger partial charge in [-0.25, -0.2) is 0 Å². The van der Waals surface area contributed by atoms with Crippen LogP contribution >= 0.6 is 0 Å². The van der Waals surface area contributed by atoms with Crippen molar-refractivity contribution >= 4 is 29.1 Å². The normalized spacial score (nSPS) is 10.5. The van der Waals surface area contributed by atoms with Crippen molar-refractivity contribution in [2.24, 2.45) is 0 Å². The summed E-state index contributed by atoms with van der Waals surface area (Å²) in [5.74, 6) is 1.49. The van der Waals surface area contributed by atoms with Gasteiger partial charge in [-0.1, -0.05) is 48.0 Å². The zero-order valence-electron chi connectivity index (χ0n) is 17.7. The number of carbonyl (C=O) groups is 1. The molecule has 0 radical (unpaired) electrons. The Labute approximate surface area is 181 Å². The summed E-state index contributed by atoms with van der Waals surface area (Å²) in [6.45, 7) is 5.92. The van der Waals surface area contributed by atoms with E-state index >= 15 is 0 Å². The Morgan fingerprint density at radius 1 is 0.710 bits per heavy atom. The SMILES string of the molecule is Cc1ccc(Nc2nc(C)nc(Nc3ccc(C(=O)c4ccccc4)cc3)n2)c(C)c1. The lowest BCUT2D eigenvalue weighted by Crippen LogP contribution is -2.06. The molecule has 1 heterocycles. The fourth-order valence-electron chi connectivity index (χ4n) is 3.26. The molecule has 154 valence electrons. The second-order valence-corrected chi connectivity index (χ2v) is 7.37. The molecule has 0 amide bonds. The first kappa shape index (κ1) is 20.2. The van der Waals surface area contributed by atoms with E-state index in [9.17, 15) is 4.79 Å². The van der Waals surface area contributed by atoms with E-state index in [1.165, 1.54) is 5.56 Å². The van der Waals surface area contributed by atoms with Crippen molar-refractivity contribution in [3.63, 3.8) is 0 Å². The molecule has 0 bridgehead atoms. The number of nitrogens with zero attached hydrogens (tertiary/aromatic N) is 3. The number of ketones is 1. The lowest BCUT2D eigenvalue weighted by atomic mass is 10.0. The van der Waals surface area contributed by atoms with Crippen LogP contribution in [-0.2, 0) is 0 Å². The molecule has 0 fully saturated rings. The zero-order valence-corrected chi connectivity index (χ0v) is 17.7. The molecule has 4 rings (SSSR count). The van der Waals surface area contributed by atoms with Gasteiger partial charge in [0.25, 0.3) is 0 Å². The maximum Gasteiger partial charge on any atom is 0.232 e. The minimum atomic E-state index is -0.0110. The third kappa shape index (κ3) is 4.93. The fraction of sp³-hybridized carbons (Fsp3) is 0.120. The zero-order chi connectivity index (χ0) is 21.8. The van der Waals surface area contributed by atoms with Crippen molar-refractivity contribution in [1.29, 1.82) is 0 Å². The summed E-state index contributed by atoms with van der Waals surface area (Å²) < 4.78 is 0. The predicted molar refractivity (Wildman–Crippen MR) is 123 cm³/mol.